The molecule has 0 bridgehead atoms. The van der Waals surface area contributed by atoms with Gasteiger partial charge in [-0.3, -0.25) is 4.79 Å². The van der Waals surface area contributed by atoms with E-state index in [9.17, 15) is 13.6 Å². The van der Waals surface area contributed by atoms with Crippen LogP contribution in [0.4, 0.5) is 14.5 Å². The summed E-state index contributed by atoms with van der Waals surface area (Å²) in [5, 5.41) is 6.28. The topological polar surface area (TPSA) is 46.9 Å². The lowest BCUT2D eigenvalue weighted by molar-refractivity contribution is 0.0520. The lowest BCUT2D eigenvalue weighted by Gasteiger charge is -2.07. The van der Waals surface area contributed by atoms with Crippen molar-refractivity contribution in [1.82, 2.24) is 9.78 Å². The fourth-order valence-electron chi connectivity index (χ4n) is 1.41. The van der Waals surface area contributed by atoms with Crippen molar-refractivity contribution in [2.24, 2.45) is 0 Å². The van der Waals surface area contributed by atoms with Gasteiger partial charge in [-0.1, -0.05) is 17.7 Å². The average molecular weight is 272 g/mol. The average Bonchev–Trinajstić information content (AvgIpc) is 2.77. The van der Waals surface area contributed by atoms with E-state index in [1.807, 2.05) is 0 Å². The molecule has 0 aliphatic heterocycles. The number of nitrogens with zero attached hydrogens (tertiary/aromatic N) is 2. The highest BCUT2D eigenvalue weighted by Gasteiger charge is 2.17. The maximum absolute atomic E-state index is 12.5. The Morgan fingerprint density at radius 2 is 2.17 bits per heavy atom. The molecular weight excluding hydrogens is 264 g/mol. The van der Waals surface area contributed by atoms with Crippen molar-refractivity contribution in [2.75, 3.05) is 5.32 Å². The van der Waals surface area contributed by atoms with Crippen LogP contribution in [0, 0.1) is 0 Å². The molecule has 0 aliphatic carbocycles. The number of aromatic nitrogens is 2. The fraction of sp³-hybridized carbons (Fsp3) is 0.0909. The number of carbonyl (C=O) groups excluding carboxylic acids is 1. The van der Waals surface area contributed by atoms with Gasteiger partial charge in [-0.25, -0.2) is 0 Å². The number of benzene rings is 1. The number of alkyl halides is 2. The second-order valence-electron chi connectivity index (χ2n) is 3.40. The number of nitrogens with one attached hydrogen (secondary N) is 1. The molecule has 18 heavy (non-hydrogen) atoms. The van der Waals surface area contributed by atoms with Crippen LogP contribution in [0.5, 0.6) is 0 Å². The molecular formula is C11H8ClF2N3O. The monoisotopic (exact) mass is 271 g/mol. The lowest BCUT2D eigenvalue weighted by Crippen LogP contribution is -2.18. The summed E-state index contributed by atoms with van der Waals surface area (Å²) in [5.41, 5.74) is 0.208. The summed E-state index contributed by atoms with van der Waals surface area (Å²) in [5.74, 6) is -0.671. The second kappa shape index (κ2) is 5.14. The van der Waals surface area contributed by atoms with Gasteiger partial charge in [0.25, 0.3) is 5.91 Å². The molecule has 94 valence electrons. The van der Waals surface area contributed by atoms with Gasteiger partial charge in [0.15, 0.2) is 0 Å². The Bertz CT molecular complexity index is 571. The SMILES string of the molecule is O=C(Nc1cccc(Cl)c1)c1ccnn1C(F)F. The quantitative estimate of drug-likeness (QED) is 0.932. The molecule has 0 aliphatic rings. The van der Waals surface area contributed by atoms with Crippen LogP contribution in [0.25, 0.3) is 0 Å². The van der Waals surface area contributed by atoms with Crippen molar-refractivity contribution in [3.63, 3.8) is 0 Å². The van der Waals surface area contributed by atoms with Crippen molar-refractivity contribution in [3.8, 4) is 0 Å². The first-order valence-electron chi connectivity index (χ1n) is 4.96. The van der Waals surface area contributed by atoms with Gasteiger partial charge in [-0.2, -0.15) is 18.6 Å². The first kappa shape index (κ1) is 12.5. The molecule has 7 heteroatoms. The molecule has 1 N–H and O–H groups in total. The van der Waals surface area contributed by atoms with E-state index < -0.39 is 12.5 Å². The van der Waals surface area contributed by atoms with Gasteiger partial charge in [0.1, 0.15) is 5.69 Å². The highest BCUT2D eigenvalue weighted by molar-refractivity contribution is 6.30. The van der Waals surface area contributed by atoms with E-state index in [0.29, 0.717) is 15.4 Å². The summed E-state index contributed by atoms with van der Waals surface area (Å²) in [6.45, 7) is -2.86. The van der Waals surface area contributed by atoms with Gasteiger partial charge >= 0.3 is 6.55 Å². The van der Waals surface area contributed by atoms with Crippen molar-refractivity contribution in [3.05, 3.63) is 47.2 Å². The molecule has 0 radical (unpaired) electrons. The number of halogens is 3. The molecule has 0 saturated carbocycles. The fourth-order valence-corrected chi connectivity index (χ4v) is 1.60. The summed E-state index contributed by atoms with van der Waals surface area (Å²) in [4.78, 5) is 11.8. The van der Waals surface area contributed by atoms with Crippen molar-refractivity contribution in [2.45, 2.75) is 6.55 Å². The maximum Gasteiger partial charge on any atom is 0.333 e. The standard InChI is InChI=1S/C11H8ClF2N3O/c12-7-2-1-3-8(6-7)16-10(18)9-4-5-15-17(9)11(13)14/h1-6,11H,(H,16,18). The predicted octanol–water partition coefficient (Wildman–Crippen LogP) is 3.18. The summed E-state index contributed by atoms with van der Waals surface area (Å²) >= 11 is 5.75. The first-order chi connectivity index (χ1) is 8.58. The zero-order valence-electron chi connectivity index (χ0n) is 8.98. The largest absolute Gasteiger partial charge is 0.333 e. The minimum Gasteiger partial charge on any atom is -0.321 e. The number of anilines is 1. The number of hydrogen-bond donors (Lipinski definition) is 1. The van der Waals surface area contributed by atoms with Crippen LogP contribution in [-0.4, -0.2) is 15.7 Å². The molecule has 1 amide bonds. The smallest absolute Gasteiger partial charge is 0.321 e. The second-order valence-corrected chi connectivity index (χ2v) is 3.84. The molecule has 0 atom stereocenters. The van der Waals surface area contributed by atoms with Crippen LogP contribution in [-0.2, 0) is 0 Å². The van der Waals surface area contributed by atoms with E-state index >= 15 is 0 Å². The number of amides is 1. The molecule has 0 spiro atoms. The lowest BCUT2D eigenvalue weighted by atomic mass is 10.3. The van der Waals surface area contributed by atoms with Gasteiger partial charge < -0.3 is 5.32 Å². The molecule has 1 aromatic carbocycles. The molecule has 1 aromatic heterocycles. The Labute approximate surface area is 106 Å². The van der Waals surface area contributed by atoms with E-state index in [1.165, 1.54) is 12.1 Å². The third-order valence-electron chi connectivity index (χ3n) is 2.17. The van der Waals surface area contributed by atoms with E-state index in [0.717, 1.165) is 6.20 Å². The normalized spacial score (nSPS) is 10.7. The Morgan fingerprint density at radius 3 is 2.83 bits per heavy atom. The zero-order valence-corrected chi connectivity index (χ0v) is 9.73. The molecule has 0 saturated heterocycles. The van der Waals surface area contributed by atoms with Crippen LogP contribution in [0.2, 0.25) is 5.02 Å². The van der Waals surface area contributed by atoms with Gasteiger partial charge in [-0.05, 0) is 24.3 Å². The zero-order chi connectivity index (χ0) is 13.1. The van der Waals surface area contributed by atoms with E-state index in [1.54, 1.807) is 18.2 Å². The van der Waals surface area contributed by atoms with Crippen molar-refractivity contribution in [1.29, 1.82) is 0 Å². The Kier molecular flexibility index (Phi) is 3.57. The first-order valence-corrected chi connectivity index (χ1v) is 5.34. The third kappa shape index (κ3) is 2.65. The van der Waals surface area contributed by atoms with Crippen LogP contribution >= 0.6 is 11.6 Å². The van der Waals surface area contributed by atoms with E-state index in [-0.39, 0.29) is 5.69 Å². The maximum atomic E-state index is 12.5. The van der Waals surface area contributed by atoms with E-state index in [2.05, 4.69) is 10.4 Å². The minimum absolute atomic E-state index is 0.218. The number of rotatable bonds is 3. The van der Waals surface area contributed by atoms with Gasteiger partial charge in [0.2, 0.25) is 0 Å². The predicted molar refractivity (Wildman–Crippen MR) is 62.9 cm³/mol. The molecule has 1 heterocycles. The highest BCUT2D eigenvalue weighted by atomic mass is 35.5. The summed E-state index contributed by atoms with van der Waals surface area (Å²) in [7, 11) is 0. The van der Waals surface area contributed by atoms with Crippen LogP contribution in [0.15, 0.2) is 36.5 Å². The molecule has 2 aromatic rings. The van der Waals surface area contributed by atoms with Crippen LogP contribution < -0.4 is 5.32 Å². The third-order valence-corrected chi connectivity index (χ3v) is 2.41. The Morgan fingerprint density at radius 1 is 1.39 bits per heavy atom. The number of hydrogen-bond acceptors (Lipinski definition) is 2. The summed E-state index contributed by atoms with van der Waals surface area (Å²) < 4.78 is 25.4. The van der Waals surface area contributed by atoms with Crippen molar-refractivity contribution >= 4 is 23.2 Å². The Balaban J connectivity index is 2.20. The van der Waals surface area contributed by atoms with Crippen molar-refractivity contribution < 1.29 is 13.6 Å². The highest BCUT2D eigenvalue weighted by Crippen LogP contribution is 2.17. The van der Waals surface area contributed by atoms with Gasteiger partial charge in [-0.15, -0.1) is 0 Å². The molecule has 2 rings (SSSR count). The number of carbonyl (C=O) groups is 1. The molecule has 0 unspecified atom stereocenters. The minimum atomic E-state index is -2.86. The Hall–Kier alpha value is -1.95. The van der Waals surface area contributed by atoms with Crippen LogP contribution in [0.3, 0.4) is 0 Å². The van der Waals surface area contributed by atoms with Gasteiger partial charge in [0, 0.05) is 16.9 Å². The summed E-state index contributed by atoms with van der Waals surface area (Å²) in [6, 6.07) is 7.62. The summed E-state index contributed by atoms with van der Waals surface area (Å²) in [6.07, 6.45) is 1.14. The van der Waals surface area contributed by atoms with Gasteiger partial charge in [0.05, 0.1) is 0 Å². The van der Waals surface area contributed by atoms with Crippen LogP contribution in [0.1, 0.15) is 17.0 Å². The molecule has 4 nitrogen and oxygen atoms in total. The van der Waals surface area contributed by atoms with E-state index in [4.69, 9.17) is 11.6 Å². The molecule has 0 fully saturated rings.